The fraction of sp³-hybridized carbons (Fsp3) is 0.732. The summed E-state index contributed by atoms with van der Waals surface area (Å²) in [5.74, 6) is -9.18. The predicted octanol–water partition coefficient (Wildman–Crippen LogP) is -4.18. The van der Waals surface area contributed by atoms with Gasteiger partial charge in [-0.1, -0.05) is 34.1 Å². The lowest BCUT2D eigenvalue weighted by atomic mass is 9.97. The van der Waals surface area contributed by atoms with Crippen molar-refractivity contribution in [2.45, 2.75) is 160 Å². The Labute approximate surface area is 383 Å². The minimum Gasteiger partial charge on any atom is -0.481 e. The van der Waals surface area contributed by atoms with Crippen molar-refractivity contribution in [2.24, 2.45) is 29.0 Å². The number of primary amides is 1. The summed E-state index contributed by atoms with van der Waals surface area (Å²) in [6.45, 7) is 9.20. The molecule has 1 unspecified atom stereocenters. The van der Waals surface area contributed by atoms with E-state index in [1.54, 1.807) is 27.7 Å². The Morgan fingerprint density at radius 2 is 1.32 bits per heavy atom. The molecular formula is C41H71N11O14. The lowest BCUT2D eigenvalue weighted by molar-refractivity contribution is -0.144. The molecule has 0 radical (unpaired) electrons. The van der Waals surface area contributed by atoms with Crippen LogP contribution in [0.5, 0.6) is 0 Å². The standard InChI is InChI=1S/C41H71N11O14/c1-7-22(4)33(51-39(63)28-12-10-18-52(28)41(65)32(21(2)3)50-34(58)23(5)43)40(64)45-24(6)35(59)46-26(13-14-29(44)55)37(61)47-25(11-8-9-17-42)36(60)48-27(19-53)38(62)49-30(66-20-54)15-16-31(56)57/h20-28,30,32-33,53H,7-19,42-43H2,1-6H3,(H2,44,55)(H,45,64)(H,46,59)(H,47,61)(H,48,60)(H,49,62)(H,50,58)(H,51,63)(H,56,57)/t22?,23-,24-,25-,26-,27-,28-,30+,32-,33-/m0/s1. The smallest absolute Gasteiger partial charge is 0.303 e. The van der Waals surface area contributed by atoms with Gasteiger partial charge in [-0.25, -0.2) is 0 Å². The maximum atomic E-state index is 13.8. The molecule has 1 heterocycles. The number of aliphatic carboxylic acids is 1. The molecule has 0 aliphatic carbocycles. The number of aliphatic hydroxyl groups is 1. The first kappa shape index (κ1) is 58.1. The van der Waals surface area contributed by atoms with Crippen LogP contribution in [0.2, 0.25) is 0 Å². The van der Waals surface area contributed by atoms with Crippen molar-refractivity contribution in [3.05, 3.63) is 0 Å². The number of ether oxygens (including phenoxy) is 1. The zero-order valence-electron chi connectivity index (χ0n) is 38.6. The Morgan fingerprint density at radius 1 is 0.727 bits per heavy atom. The number of carboxylic acids is 1. The molecule has 0 aromatic carbocycles. The number of nitrogens with two attached hydrogens (primary N) is 3. The first-order valence-corrected chi connectivity index (χ1v) is 22.1. The van der Waals surface area contributed by atoms with Crippen LogP contribution in [0.3, 0.4) is 0 Å². The van der Waals surface area contributed by atoms with E-state index in [-0.39, 0.29) is 57.6 Å². The maximum absolute atomic E-state index is 13.8. The van der Waals surface area contributed by atoms with Gasteiger partial charge in [-0.15, -0.1) is 0 Å². The highest BCUT2D eigenvalue weighted by Gasteiger charge is 2.41. The van der Waals surface area contributed by atoms with Gasteiger partial charge >= 0.3 is 5.97 Å². The van der Waals surface area contributed by atoms with Crippen LogP contribution in [-0.4, -0.2) is 155 Å². The molecule has 25 heteroatoms. The summed E-state index contributed by atoms with van der Waals surface area (Å²) in [7, 11) is 0. The summed E-state index contributed by atoms with van der Waals surface area (Å²) in [6, 6.07) is -9.90. The average molecular weight is 942 g/mol. The zero-order valence-corrected chi connectivity index (χ0v) is 38.6. The number of carboxylic acid groups (broad SMARTS) is 1. The molecule has 0 bridgehead atoms. The number of unbranched alkanes of at least 4 members (excludes halogenated alkanes) is 1. The van der Waals surface area contributed by atoms with Gasteiger partial charge in [0.2, 0.25) is 53.2 Å². The van der Waals surface area contributed by atoms with Crippen LogP contribution in [0.4, 0.5) is 0 Å². The summed E-state index contributed by atoms with van der Waals surface area (Å²) < 4.78 is 4.69. The van der Waals surface area contributed by atoms with E-state index in [0.29, 0.717) is 19.3 Å². The van der Waals surface area contributed by atoms with E-state index < -0.39 is 139 Å². The number of carbonyl (C=O) groups is 11. The zero-order chi connectivity index (χ0) is 50.3. The first-order valence-electron chi connectivity index (χ1n) is 22.1. The van der Waals surface area contributed by atoms with Crippen LogP contribution < -0.4 is 54.4 Å². The van der Waals surface area contributed by atoms with E-state index in [1.807, 2.05) is 0 Å². The molecule has 0 aromatic heterocycles. The lowest BCUT2D eigenvalue weighted by Gasteiger charge is -2.32. The highest BCUT2D eigenvalue weighted by Crippen LogP contribution is 2.22. The SMILES string of the molecule is CCC(C)[C@H](NC(=O)[C@@H]1CCCN1C(=O)[C@@H](NC(=O)[C@H](C)N)C(C)C)C(=O)N[C@@H](C)C(=O)N[C@@H](CCC(N)=O)C(=O)N[C@@H](CCCCN)C(=O)N[C@@H](CO)C(=O)N[C@@H](CCC(=O)O)OC=O. The Morgan fingerprint density at radius 3 is 1.85 bits per heavy atom. The topological polar surface area (TPSA) is 403 Å². The van der Waals surface area contributed by atoms with Gasteiger partial charge in [-0.05, 0) is 70.8 Å². The number of aliphatic hydroxyl groups excluding tert-OH is 1. The van der Waals surface area contributed by atoms with E-state index in [9.17, 15) is 57.8 Å². The van der Waals surface area contributed by atoms with Crippen molar-refractivity contribution < 1.29 is 67.7 Å². The number of carbonyl (C=O) groups excluding carboxylic acids is 10. The van der Waals surface area contributed by atoms with Crippen molar-refractivity contribution in [2.75, 3.05) is 19.7 Å². The molecule has 374 valence electrons. The molecule has 0 aromatic rings. The molecule has 1 aliphatic heterocycles. The molecular weight excluding hydrogens is 871 g/mol. The summed E-state index contributed by atoms with van der Waals surface area (Å²) >= 11 is 0. The van der Waals surface area contributed by atoms with Crippen molar-refractivity contribution in [1.29, 1.82) is 0 Å². The quantitative estimate of drug-likeness (QED) is 0.0178. The van der Waals surface area contributed by atoms with Gasteiger partial charge in [0.25, 0.3) is 6.47 Å². The van der Waals surface area contributed by atoms with E-state index in [4.69, 9.17) is 27.0 Å². The normalized spacial score (nSPS) is 17.5. The third-order valence-corrected chi connectivity index (χ3v) is 10.9. The highest BCUT2D eigenvalue weighted by molar-refractivity contribution is 5.98. The highest BCUT2D eigenvalue weighted by atomic mass is 16.5. The fourth-order valence-electron chi connectivity index (χ4n) is 6.71. The van der Waals surface area contributed by atoms with Crippen molar-refractivity contribution in [3.63, 3.8) is 0 Å². The van der Waals surface area contributed by atoms with Gasteiger partial charge < -0.3 is 74.3 Å². The average Bonchev–Trinajstić information content (AvgIpc) is 3.76. The van der Waals surface area contributed by atoms with Crippen molar-refractivity contribution in [3.8, 4) is 0 Å². The molecule has 0 spiro atoms. The Kier molecular flexibility index (Phi) is 26.0. The van der Waals surface area contributed by atoms with E-state index >= 15 is 0 Å². The molecule has 66 heavy (non-hydrogen) atoms. The van der Waals surface area contributed by atoms with Gasteiger partial charge in [0.05, 0.1) is 19.1 Å². The summed E-state index contributed by atoms with van der Waals surface area (Å²) in [6.07, 6.45) is -1.19. The van der Waals surface area contributed by atoms with Gasteiger partial charge in [-0.3, -0.25) is 52.7 Å². The molecule has 25 nitrogen and oxygen atoms in total. The number of likely N-dealkylation sites (tertiary alicyclic amines) is 1. The predicted molar refractivity (Wildman–Crippen MR) is 234 cm³/mol. The van der Waals surface area contributed by atoms with Crippen LogP contribution in [0.1, 0.15) is 106 Å². The second kappa shape index (κ2) is 29.6. The van der Waals surface area contributed by atoms with Crippen LogP contribution in [0.15, 0.2) is 0 Å². The van der Waals surface area contributed by atoms with Crippen LogP contribution in [0, 0.1) is 11.8 Å². The maximum Gasteiger partial charge on any atom is 0.303 e. The second-order valence-electron chi connectivity index (χ2n) is 16.6. The van der Waals surface area contributed by atoms with Gasteiger partial charge in [0.15, 0.2) is 6.23 Å². The number of hydrogen-bond acceptors (Lipinski definition) is 15. The summed E-state index contributed by atoms with van der Waals surface area (Å²) in [5, 5.41) is 36.2. The molecule has 1 rings (SSSR count). The number of hydrogen-bond donors (Lipinski definition) is 12. The third kappa shape index (κ3) is 19.7. The Hall–Kier alpha value is -5.95. The van der Waals surface area contributed by atoms with E-state index in [1.165, 1.54) is 18.7 Å². The molecule has 10 atom stereocenters. The molecule has 0 saturated carbocycles. The Bertz CT molecular complexity index is 1700. The van der Waals surface area contributed by atoms with Gasteiger partial charge in [-0.2, -0.15) is 0 Å². The lowest BCUT2D eigenvalue weighted by Crippen LogP contribution is -2.61. The summed E-state index contributed by atoms with van der Waals surface area (Å²) in [4.78, 5) is 142. The molecule has 9 amide bonds. The monoisotopic (exact) mass is 942 g/mol. The molecule has 15 N–H and O–H groups in total. The Balaban J connectivity index is 3.22. The summed E-state index contributed by atoms with van der Waals surface area (Å²) in [5.41, 5.74) is 16.7. The number of nitrogens with one attached hydrogen (secondary N) is 7. The van der Waals surface area contributed by atoms with Crippen LogP contribution in [0.25, 0.3) is 0 Å². The number of nitrogens with zero attached hydrogens (tertiary/aromatic N) is 1. The third-order valence-electron chi connectivity index (χ3n) is 10.9. The largest absolute Gasteiger partial charge is 0.481 e. The number of rotatable bonds is 31. The van der Waals surface area contributed by atoms with Crippen molar-refractivity contribution >= 4 is 65.6 Å². The van der Waals surface area contributed by atoms with Gasteiger partial charge in [0, 0.05) is 19.4 Å². The van der Waals surface area contributed by atoms with E-state index in [0.717, 1.165) is 0 Å². The van der Waals surface area contributed by atoms with Crippen LogP contribution >= 0.6 is 0 Å². The fourth-order valence-corrected chi connectivity index (χ4v) is 6.71. The minimum absolute atomic E-state index is 0.0242. The molecule has 1 aliphatic rings. The molecule has 1 saturated heterocycles. The van der Waals surface area contributed by atoms with Crippen LogP contribution in [-0.2, 0) is 57.5 Å². The first-order chi connectivity index (χ1) is 31.0. The molecule has 1 fully saturated rings. The van der Waals surface area contributed by atoms with Crippen molar-refractivity contribution in [1.82, 2.24) is 42.1 Å². The number of amides is 9. The second-order valence-corrected chi connectivity index (χ2v) is 16.6. The van der Waals surface area contributed by atoms with Gasteiger partial charge in [0.1, 0.15) is 42.3 Å². The minimum atomic E-state index is -1.66. The van der Waals surface area contributed by atoms with E-state index in [2.05, 4.69) is 37.2 Å².